The minimum absolute atomic E-state index is 0.0410. The summed E-state index contributed by atoms with van der Waals surface area (Å²) in [7, 11) is 1.35. The lowest BCUT2D eigenvalue weighted by atomic mass is 9.89. The third-order valence-corrected chi connectivity index (χ3v) is 7.86. The monoisotopic (exact) mass is 505 g/mol. The number of Topliss-reactive ketones (excluding diaryl/α,β-unsaturated/α-hetero) is 1. The van der Waals surface area contributed by atoms with Gasteiger partial charge in [0, 0.05) is 13.0 Å². The number of ether oxygens (including phenoxy) is 3. The second-order valence-corrected chi connectivity index (χ2v) is 12.1. The Morgan fingerprint density at radius 3 is 2.56 bits per heavy atom. The molecule has 0 spiro atoms. The molecule has 2 fully saturated rings. The van der Waals surface area contributed by atoms with E-state index in [9.17, 15) is 19.2 Å². The molecule has 8 nitrogen and oxygen atoms in total. The molecule has 2 aliphatic heterocycles. The zero-order chi connectivity index (χ0) is 26.7. The first kappa shape index (κ1) is 28.4. The van der Waals surface area contributed by atoms with Gasteiger partial charge in [0.1, 0.15) is 5.60 Å². The van der Waals surface area contributed by atoms with E-state index >= 15 is 0 Å². The summed E-state index contributed by atoms with van der Waals surface area (Å²) >= 11 is 0. The van der Waals surface area contributed by atoms with E-state index in [0.717, 1.165) is 19.3 Å². The highest BCUT2D eigenvalue weighted by molar-refractivity contribution is 5.94. The van der Waals surface area contributed by atoms with E-state index in [-0.39, 0.29) is 54.4 Å². The molecular formula is C28H43NO7. The van der Waals surface area contributed by atoms with Gasteiger partial charge in [0.05, 0.1) is 44.6 Å². The summed E-state index contributed by atoms with van der Waals surface area (Å²) < 4.78 is 16.3. The average molecular weight is 506 g/mol. The van der Waals surface area contributed by atoms with E-state index in [1.807, 2.05) is 12.2 Å². The van der Waals surface area contributed by atoms with Crippen LogP contribution in [0.4, 0.5) is 0 Å². The van der Waals surface area contributed by atoms with Crippen LogP contribution in [0.25, 0.3) is 0 Å². The van der Waals surface area contributed by atoms with Crippen LogP contribution in [0.2, 0.25) is 0 Å². The third-order valence-electron chi connectivity index (χ3n) is 7.86. The number of hydrogen-bond acceptors (Lipinski definition) is 7. The SMILES string of the molecule is COC(=O)[C@@H]1CCCC/C=C\COC[C@H](CC(=O)OC(C)(C)C)C(=O)N2C[C@H]3[C@@H]([C@H]2C(=O)C1)C3(C)C. The van der Waals surface area contributed by atoms with Crippen LogP contribution in [0.15, 0.2) is 12.2 Å². The van der Waals surface area contributed by atoms with Crippen molar-refractivity contribution in [1.29, 1.82) is 0 Å². The first-order chi connectivity index (χ1) is 16.9. The predicted octanol–water partition coefficient (Wildman–Crippen LogP) is 3.71. The fraction of sp³-hybridized carbons (Fsp3) is 0.786. The zero-order valence-electron chi connectivity index (χ0n) is 22.7. The van der Waals surface area contributed by atoms with Gasteiger partial charge in [0.25, 0.3) is 0 Å². The molecule has 5 atom stereocenters. The van der Waals surface area contributed by atoms with Gasteiger partial charge in [-0.15, -0.1) is 0 Å². The Bertz CT molecular complexity index is 872. The third kappa shape index (κ3) is 6.75. The lowest BCUT2D eigenvalue weighted by molar-refractivity contribution is -0.160. The molecule has 0 radical (unpaired) electrons. The van der Waals surface area contributed by atoms with E-state index in [2.05, 4.69) is 13.8 Å². The van der Waals surface area contributed by atoms with Crippen LogP contribution in [-0.2, 0) is 33.4 Å². The second kappa shape index (κ2) is 11.4. The molecule has 36 heavy (non-hydrogen) atoms. The number of allylic oxidation sites excluding steroid dienone is 1. The van der Waals surface area contributed by atoms with E-state index in [1.165, 1.54) is 7.11 Å². The molecule has 1 saturated carbocycles. The lowest BCUT2D eigenvalue weighted by Crippen LogP contribution is -2.49. The van der Waals surface area contributed by atoms with Crippen LogP contribution in [-0.4, -0.2) is 67.0 Å². The molecule has 0 bridgehead atoms. The number of esters is 2. The van der Waals surface area contributed by atoms with Crippen molar-refractivity contribution in [3.05, 3.63) is 12.2 Å². The van der Waals surface area contributed by atoms with Crippen LogP contribution in [0.3, 0.4) is 0 Å². The van der Waals surface area contributed by atoms with Crippen LogP contribution in [0, 0.1) is 29.1 Å². The molecular weight excluding hydrogens is 462 g/mol. The maximum Gasteiger partial charge on any atom is 0.309 e. The number of piperidine rings is 1. The molecule has 1 amide bonds. The Morgan fingerprint density at radius 1 is 1.17 bits per heavy atom. The summed E-state index contributed by atoms with van der Waals surface area (Å²) in [4.78, 5) is 54.2. The van der Waals surface area contributed by atoms with Crippen LogP contribution in [0.5, 0.6) is 0 Å². The number of carbonyl (C=O) groups excluding carboxylic acids is 4. The molecule has 0 aromatic heterocycles. The summed E-state index contributed by atoms with van der Waals surface area (Å²) in [5.41, 5.74) is -0.705. The maximum atomic E-state index is 13.8. The smallest absolute Gasteiger partial charge is 0.309 e. The molecule has 3 aliphatic rings. The second-order valence-electron chi connectivity index (χ2n) is 12.1. The number of nitrogens with zero attached hydrogens (tertiary/aromatic N) is 1. The number of carbonyl (C=O) groups is 4. The Balaban J connectivity index is 1.87. The predicted molar refractivity (Wildman–Crippen MR) is 134 cm³/mol. The minimum atomic E-state index is -0.742. The van der Waals surface area contributed by atoms with Crippen LogP contribution >= 0.6 is 0 Å². The largest absolute Gasteiger partial charge is 0.469 e. The molecule has 0 aromatic carbocycles. The van der Waals surface area contributed by atoms with Crippen molar-refractivity contribution in [2.24, 2.45) is 29.1 Å². The van der Waals surface area contributed by atoms with Gasteiger partial charge in [0.2, 0.25) is 5.91 Å². The number of amides is 1. The Hall–Kier alpha value is -2.22. The summed E-state index contributed by atoms with van der Waals surface area (Å²) in [6.45, 7) is 10.5. The van der Waals surface area contributed by atoms with Gasteiger partial charge < -0.3 is 19.1 Å². The Kier molecular flexibility index (Phi) is 9.02. The van der Waals surface area contributed by atoms with Crippen LogP contribution in [0.1, 0.15) is 73.1 Å². The molecule has 1 saturated heterocycles. The molecule has 8 heteroatoms. The highest BCUT2D eigenvalue weighted by Crippen LogP contribution is 2.65. The average Bonchev–Trinajstić information content (AvgIpc) is 3.12. The molecule has 0 N–H and O–H groups in total. The quantitative estimate of drug-likeness (QED) is 0.426. The number of fused-ring (bicyclic) bond motifs is 3. The fourth-order valence-corrected chi connectivity index (χ4v) is 5.87. The molecule has 2 heterocycles. The van der Waals surface area contributed by atoms with Crippen molar-refractivity contribution in [3.8, 4) is 0 Å². The van der Waals surface area contributed by atoms with E-state index in [0.29, 0.717) is 19.6 Å². The van der Waals surface area contributed by atoms with E-state index in [1.54, 1.807) is 25.7 Å². The highest BCUT2D eigenvalue weighted by Gasteiger charge is 2.69. The number of methoxy groups -OCH3 is 1. The fourth-order valence-electron chi connectivity index (χ4n) is 5.87. The van der Waals surface area contributed by atoms with Crippen molar-refractivity contribution in [2.45, 2.75) is 84.8 Å². The van der Waals surface area contributed by atoms with Gasteiger partial charge in [-0.25, -0.2) is 0 Å². The number of ketones is 1. The van der Waals surface area contributed by atoms with Gasteiger partial charge in [-0.3, -0.25) is 19.2 Å². The van der Waals surface area contributed by atoms with Gasteiger partial charge in [0.15, 0.2) is 5.78 Å². The summed E-state index contributed by atoms with van der Waals surface area (Å²) in [5, 5.41) is 0. The molecule has 1 aliphatic carbocycles. The van der Waals surface area contributed by atoms with Crippen LogP contribution < -0.4 is 0 Å². The van der Waals surface area contributed by atoms with Gasteiger partial charge in [-0.2, -0.15) is 0 Å². The summed E-state index contributed by atoms with van der Waals surface area (Å²) in [6, 6.07) is -0.599. The first-order valence-corrected chi connectivity index (χ1v) is 13.2. The maximum absolute atomic E-state index is 13.8. The van der Waals surface area contributed by atoms with Crippen molar-refractivity contribution in [2.75, 3.05) is 26.9 Å². The number of rotatable bonds is 3. The first-order valence-electron chi connectivity index (χ1n) is 13.2. The normalized spacial score (nSPS) is 32.3. The standard InChI is InChI=1S/C28H43NO7/c1-27(2,3)36-22(31)15-19-17-35-13-11-9-7-8-10-12-18(26(33)34-6)14-21(30)24-23-20(28(23,4)5)16-29(24)25(19)32/h9,11,18-20,23-24H,7-8,10,12-17H2,1-6H3/b11-9-/t18-,19+,20+,23+,24-/m1/s1. The Morgan fingerprint density at radius 2 is 1.89 bits per heavy atom. The van der Waals surface area contributed by atoms with Crippen molar-refractivity contribution >= 4 is 23.6 Å². The lowest BCUT2D eigenvalue weighted by Gasteiger charge is -2.33. The minimum Gasteiger partial charge on any atom is -0.469 e. The summed E-state index contributed by atoms with van der Waals surface area (Å²) in [6.07, 6.45) is 6.98. The van der Waals surface area contributed by atoms with Crippen molar-refractivity contribution in [1.82, 2.24) is 4.90 Å². The van der Waals surface area contributed by atoms with Gasteiger partial charge in [-0.05, 0) is 57.3 Å². The molecule has 3 rings (SSSR count). The summed E-state index contributed by atoms with van der Waals surface area (Å²) in [5.74, 6) is -2.18. The van der Waals surface area contributed by atoms with Crippen molar-refractivity contribution < 1.29 is 33.4 Å². The zero-order valence-corrected chi connectivity index (χ0v) is 22.7. The molecule has 0 unspecified atom stereocenters. The highest BCUT2D eigenvalue weighted by atomic mass is 16.6. The van der Waals surface area contributed by atoms with E-state index in [4.69, 9.17) is 14.2 Å². The number of hydrogen-bond donors (Lipinski definition) is 0. The molecule has 202 valence electrons. The van der Waals surface area contributed by atoms with Crippen molar-refractivity contribution in [3.63, 3.8) is 0 Å². The topological polar surface area (TPSA) is 99.2 Å². The Labute approximate surface area is 215 Å². The van der Waals surface area contributed by atoms with E-state index < -0.39 is 29.4 Å². The van der Waals surface area contributed by atoms with Gasteiger partial charge >= 0.3 is 11.9 Å². The van der Waals surface area contributed by atoms with Gasteiger partial charge in [-0.1, -0.05) is 32.4 Å². The molecule has 0 aromatic rings.